The lowest BCUT2D eigenvalue weighted by molar-refractivity contribution is 0.0989. The number of carbonyl (C=O) groups excluding carboxylic acids is 1. The van der Waals surface area contributed by atoms with E-state index >= 15 is 0 Å². The van der Waals surface area contributed by atoms with Gasteiger partial charge in [-0.3, -0.25) is 4.79 Å². The second-order valence-corrected chi connectivity index (χ2v) is 5.37. The van der Waals surface area contributed by atoms with Gasteiger partial charge in [-0.2, -0.15) is 0 Å². The predicted molar refractivity (Wildman–Crippen MR) is 79.4 cm³/mol. The molecular weight excluding hydrogens is 304 g/mol. The van der Waals surface area contributed by atoms with Crippen molar-refractivity contribution in [3.05, 3.63) is 52.0 Å². The summed E-state index contributed by atoms with van der Waals surface area (Å²) in [5, 5.41) is 0. The average Bonchev–Trinajstić information content (AvgIpc) is 2.80. The van der Waals surface area contributed by atoms with Gasteiger partial charge in [0.05, 0.1) is 6.42 Å². The van der Waals surface area contributed by atoms with Crippen LogP contribution < -0.4 is 0 Å². The van der Waals surface area contributed by atoms with E-state index < -0.39 is 0 Å². The number of hydrogen-bond donors (Lipinski definition) is 0. The molecule has 4 heteroatoms. The van der Waals surface area contributed by atoms with E-state index in [0.29, 0.717) is 6.42 Å². The Morgan fingerprint density at radius 3 is 2.95 bits per heavy atom. The monoisotopic (exact) mass is 320 g/mol. The van der Waals surface area contributed by atoms with Crippen molar-refractivity contribution in [2.45, 2.75) is 33.2 Å². The first-order valence-electron chi connectivity index (χ1n) is 6.41. The zero-order chi connectivity index (χ0) is 13.8. The number of benzene rings is 1. The Labute approximate surface area is 121 Å². The third kappa shape index (κ3) is 3.13. The summed E-state index contributed by atoms with van der Waals surface area (Å²) in [5.74, 6) is 0.930. The summed E-state index contributed by atoms with van der Waals surface area (Å²) in [7, 11) is 0. The molecule has 2 aromatic rings. The Morgan fingerprint density at radius 2 is 2.21 bits per heavy atom. The molecule has 100 valence electrons. The fourth-order valence-corrected chi connectivity index (χ4v) is 2.54. The molecule has 1 aromatic heterocycles. The number of Topliss-reactive ketones (excluding diaryl/α,β-unsaturated/α-hetero) is 1. The second-order valence-electron chi connectivity index (χ2n) is 4.57. The van der Waals surface area contributed by atoms with Gasteiger partial charge in [0.1, 0.15) is 5.82 Å². The van der Waals surface area contributed by atoms with Gasteiger partial charge in [-0.1, -0.05) is 25.1 Å². The molecule has 0 spiro atoms. The van der Waals surface area contributed by atoms with Gasteiger partial charge in [0.2, 0.25) is 0 Å². The Morgan fingerprint density at radius 1 is 1.42 bits per heavy atom. The van der Waals surface area contributed by atoms with Crippen LogP contribution in [0.25, 0.3) is 0 Å². The Bertz CT molecular complexity index is 590. The van der Waals surface area contributed by atoms with Gasteiger partial charge in [-0.05, 0) is 34.8 Å². The van der Waals surface area contributed by atoms with Crippen LogP contribution in [-0.2, 0) is 13.0 Å². The molecule has 1 heterocycles. The quantitative estimate of drug-likeness (QED) is 0.785. The van der Waals surface area contributed by atoms with E-state index in [1.807, 2.05) is 35.9 Å². The summed E-state index contributed by atoms with van der Waals surface area (Å²) in [6.07, 6.45) is 5.06. The van der Waals surface area contributed by atoms with Crippen molar-refractivity contribution in [3.63, 3.8) is 0 Å². The van der Waals surface area contributed by atoms with Gasteiger partial charge < -0.3 is 4.57 Å². The topological polar surface area (TPSA) is 34.9 Å². The lowest BCUT2D eigenvalue weighted by atomic mass is 10.1. The van der Waals surface area contributed by atoms with Gasteiger partial charge >= 0.3 is 0 Å². The number of hydrogen-bond acceptors (Lipinski definition) is 2. The number of aryl methyl sites for hydroxylation is 2. The van der Waals surface area contributed by atoms with Crippen LogP contribution in [0.15, 0.2) is 35.1 Å². The summed E-state index contributed by atoms with van der Waals surface area (Å²) in [6, 6.07) is 5.75. The van der Waals surface area contributed by atoms with Crippen molar-refractivity contribution in [2.24, 2.45) is 0 Å². The minimum absolute atomic E-state index is 0.0964. The molecule has 0 atom stereocenters. The van der Waals surface area contributed by atoms with Crippen LogP contribution in [-0.4, -0.2) is 15.3 Å². The van der Waals surface area contributed by atoms with Crippen molar-refractivity contribution in [3.8, 4) is 0 Å². The summed E-state index contributed by atoms with van der Waals surface area (Å²) in [4.78, 5) is 16.6. The van der Waals surface area contributed by atoms with E-state index in [1.54, 1.807) is 6.20 Å². The Hall–Kier alpha value is -1.42. The molecule has 3 nitrogen and oxygen atoms in total. The first-order chi connectivity index (χ1) is 9.13. The summed E-state index contributed by atoms with van der Waals surface area (Å²) in [5.41, 5.74) is 1.80. The van der Waals surface area contributed by atoms with E-state index in [1.165, 1.54) is 0 Å². The van der Waals surface area contributed by atoms with Crippen LogP contribution in [0.2, 0.25) is 0 Å². The Balaban J connectivity index is 2.21. The Kier molecular flexibility index (Phi) is 4.53. The molecule has 0 amide bonds. The maximum absolute atomic E-state index is 12.4. The number of rotatable bonds is 5. The van der Waals surface area contributed by atoms with Crippen molar-refractivity contribution in [1.29, 1.82) is 0 Å². The molecule has 0 saturated carbocycles. The van der Waals surface area contributed by atoms with Crippen LogP contribution in [0.1, 0.15) is 35.1 Å². The van der Waals surface area contributed by atoms with Crippen LogP contribution in [0.4, 0.5) is 0 Å². The molecule has 0 bridgehead atoms. The highest BCUT2D eigenvalue weighted by Crippen LogP contribution is 2.22. The first-order valence-corrected chi connectivity index (χ1v) is 7.21. The second kappa shape index (κ2) is 6.15. The molecule has 0 aliphatic heterocycles. The summed E-state index contributed by atoms with van der Waals surface area (Å²) >= 11 is 3.49. The van der Waals surface area contributed by atoms with E-state index in [0.717, 1.165) is 34.4 Å². The molecule has 0 N–H and O–H groups in total. The normalized spacial score (nSPS) is 10.7. The zero-order valence-corrected chi connectivity index (χ0v) is 12.8. The molecule has 2 rings (SSSR count). The zero-order valence-electron chi connectivity index (χ0n) is 11.2. The molecule has 0 fully saturated rings. The highest BCUT2D eigenvalue weighted by atomic mass is 79.9. The fraction of sp³-hybridized carbons (Fsp3) is 0.333. The molecule has 0 aliphatic rings. The highest BCUT2D eigenvalue weighted by Gasteiger charge is 2.14. The third-order valence-corrected chi connectivity index (χ3v) is 4.13. The van der Waals surface area contributed by atoms with E-state index in [-0.39, 0.29) is 5.78 Å². The van der Waals surface area contributed by atoms with Crippen LogP contribution in [0.5, 0.6) is 0 Å². The average molecular weight is 321 g/mol. The molecule has 0 unspecified atom stereocenters. The minimum Gasteiger partial charge on any atom is -0.335 e. The van der Waals surface area contributed by atoms with Gasteiger partial charge in [-0.15, -0.1) is 0 Å². The third-order valence-electron chi connectivity index (χ3n) is 3.08. The summed E-state index contributed by atoms with van der Waals surface area (Å²) in [6.45, 7) is 5.00. The number of imidazole rings is 1. The number of carbonyl (C=O) groups is 1. The molecule has 0 saturated heterocycles. The largest absolute Gasteiger partial charge is 0.335 e. The van der Waals surface area contributed by atoms with Crippen LogP contribution >= 0.6 is 15.9 Å². The number of nitrogens with zero attached hydrogens (tertiary/aromatic N) is 2. The molecule has 0 radical (unpaired) electrons. The van der Waals surface area contributed by atoms with Gasteiger partial charge in [0, 0.05) is 29.0 Å². The van der Waals surface area contributed by atoms with E-state index in [4.69, 9.17) is 0 Å². The van der Waals surface area contributed by atoms with Crippen molar-refractivity contribution in [1.82, 2.24) is 9.55 Å². The molecule has 0 aliphatic carbocycles. The highest BCUT2D eigenvalue weighted by molar-refractivity contribution is 9.10. The number of aromatic nitrogens is 2. The molecule has 19 heavy (non-hydrogen) atoms. The van der Waals surface area contributed by atoms with Crippen LogP contribution in [0.3, 0.4) is 0 Å². The fourth-order valence-electron chi connectivity index (χ4n) is 2.05. The lowest BCUT2D eigenvalue weighted by Gasteiger charge is -2.08. The van der Waals surface area contributed by atoms with Gasteiger partial charge in [0.25, 0.3) is 0 Å². The van der Waals surface area contributed by atoms with Crippen molar-refractivity contribution >= 4 is 21.7 Å². The molecule has 1 aromatic carbocycles. The summed E-state index contributed by atoms with van der Waals surface area (Å²) < 4.78 is 2.93. The molecular formula is C15H17BrN2O. The van der Waals surface area contributed by atoms with Crippen molar-refractivity contribution in [2.75, 3.05) is 0 Å². The smallest absolute Gasteiger partial charge is 0.171 e. The number of halogens is 1. The lowest BCUT2D eigenvalue weighted by Crippen LogP contribution is -2.11. The number of ketones is 1. The van der Waals surface area contributed by atoms with Gasteiger partial charge in [0.15, 0.2) is 5.78 Å². The predicted octanol–water partition coefficient (Wildman–Crippen LogP) is 3.79. The standard InChI is InChI=1S/C15H17BrN2O/c1-3-8-18-9-7-17-14(18)10-13(19)12-6-4-5-11(2)15(12)16/h4-7,9H,3,8,10H2,1-2H3. The van der Waals surface area contributed by atoms with Gasteiger partial charge in [-0.25, -0.2) is 4.98 Å². The maximum Gasteiger partial charge on any atom is 0.171 e. The minimum atomic E-state index is 0.0964. The SMILES string of the molecule is CCCn1ccnc1CC(=O)c1cccc(C)c1Br. The maximum atomic E-state index is 12.4. The van der Waals surface area contributed by atoms with E-state index in [2.05, 4.69) is 27.8 Å². The first kappa shape index (κ1) is 14.0. The van der Waals surface area contributed by atoms with E-state index in [9.17, 15) is 4.79 Å². The van der Waals surface area contributed by atoms with Crippen LogP contribution in [0, 0.1) is 6.92 Å². The van der Waals surface area contributed by atoms with Crippen molar-refractivity contribution < 1.29 is 4.79 Å².